The lowest BCUT2D eigenvalue weighted by Crippen LogP contribution is -2.51. The van der Waals surface area contributed by atoms with Gasteiger partial charge in [-0.05, 0) is 36.8 Å². The number of para-hydroxylation sites is 1. The van der Waals surface area contributed by atoms with Gasteiger partial charge in [-0.25, -0.2) is 0 Å². The molecule has 2 heterocycles. The van der Waals surface area contributed by atoms with Gasteiger partial charge in [0.05, 0.1) is 0 Å². The number of hydrogen-bond donors (Lipinski definition) is 0. The summed E-state index contributed by atoms with van der Waals surface area (Å²) in [7, 11) is 0. The van der Waals surface area contributed by atoms with Crippen molar-refractivity contribution in [1.82, 2.24) is 14.4 Å². The van der Waals surface area contributed by atoms with E-state index in [4.69, 9.17) is 0 Å². The van der Waals surface area contributed by atoms with Crippen molar-refractivity contribution < 1.29 is 9.59 Å². The number of aromatic nitrogens is 1. The summed E-state index contributed by atoms with van der Waals surface area (Å²) in [6, 6.07) is 10.3. The minimum absolute atomic E-state index is 0.141. The highest BCUT2D eigenvalue weighted by molar-refractivity contribution is 5.84. The van der Waals surface area contributed by atoms with Gasteiger partial charge in [-0.15, -0.1) is 0 Å². The standard InChI is InChI=1S/C23H31N3O2/c1-18-16-20-8-4-5-9-21(20)26(18)17-23(28)25-14-12-24(13-15-25)22(27)11-10-19-6-2-3-7-19/h4-5,8-9,16,19H,2-3,6-7,10-15,17H2,1H3. The Hall–Kier alpha value is -2.30. The summed E-state index contributed by atoms with van der Waals surface area (Å²) in [6.45, 7) is 5.04. The number of amides is 2. The van der Waals surface area contributed by atoms with E-state index < -0.39 is 0 Å². The lowest BCUT2D eigenvalue weighted by Gasteiger charge is -2.35. The van der Waals surface area contributed by atoms with Gasteiger partial charge in [0, 0.05) is 43.8 Å². The Morgan fingerprint density at radius 1 is 0.964 bits per heavy atom. The Morgan fingerprint density at radius 2 is 1.61 bits per heavy atom. The van der Waals surface area contributed by atoms with Crippen LogP contribution in [0.2, 0.25) is 0 Å². The number of carbonyl (C=O) groups excluding carboxylic acids is 2. The van der Waals surface area contributed by atoms with Gasteiger partial charge in [0.15, 0.2) is 0 Å². The Kier molecular flexibility index (Phi) is 5.69. The first-order valence-electron chi connectivity index (χ1n) is 10.7. The van der Waals surface area contributed by atoms with Crippen LogP contribution in [-0.4, -0.2) is 52.4 Å². The minimum atomic E-state index is 0.141. The van der Waals surface area contributed by atoms with E-state index in [1.165, 1.54) is 31.1 Å². The van der Waals surface area contributed by atoms with Crippen LogP contribution in [0, 0.1) is 12.8 Å². The number of carbonyl (C=O) groups is 2. The second-order valence-corrected chi connectivity index (χ2v) is 8.38. The normalized spacial score (nSPS) is 18.2. The van der Waals surface area contributed by atoms with Crippen LogP contribution < -0.4 is 0 Å². The van der Waals surface area contributed by atoms with Crippen LogP contribution in [0.1, 0.15) is 44.2 Å². The predicted molar refractivity (Wildman–Crippen MR) is 111 cm³/mol. The molecule has 0 unspecified atom stereocenters. The number of aryl methyl sites for hydroxylation is 1. The molecule has 0 bridgehead atoms. The zero-order valence-corrected chi connectivity index (χ0v) is 16.9. The van der Waals surface area contributed by atoms with Gasteiger partial charge in [0.1, 0.15) is 6.54 Å². The highest BCUT2D eigenvalue weighted by Gasteiger charge is 2.25. The third-order valence-corrected chi connectivity index (χ3v) is 6.54. The largest absolute Gasteiger partial charge is 0.339 e. The molecule has 0 atom stereocenters. The molecule has 2 aliphatic rings. The maximum Gasteiger partial charge on any atom is 0.242 e. The maximum atomic E-state index is 12.8. The molecular weight excluding hydrogens is 350 g/mol. The van der Waals surface area contributed by atoms with Crippen LogP contribution >= 0.6 is 0 Å². The summed E-state index contributed by atoms with van der Waals surface area (Å²) in [5, 5.41) is 1.17. The molecule has 2 aromatic rings. The molecule has 1 aliphatic heterocycles. The van der Waals surface area contributed by atoms with Crippen molar-refractivity contribution in [1.29, 1.82) is 0 Å². The molecule has 1 saturated carbocycles. The average Bonchev–Trinajstić information content (AvgIpc) is 3.34. The first kappa shape index (κ1) is 19.0. The van der Waals surface area contributed by atoms with Crippen molar-refractivity contribution in [3.63, 3.8) is 0 Å². The van der Waals surface area contributed by atoms with Crippen molar-refractivity contribution in [2.24, 2.45) is 5.92 Å². The van der Waals surface area contributed by atoms with Crippen LogP contribution in [0.4, 0.5) is 0 Å². The number of hydrogen-bond acceptors (Lipinski definition) is 2. The molecule has 0 radical (unpaired) electrons. The molecule has 1 aromatic carbocycles. The van der Waals surface area contributed by atoms with Crippen molar-refractivity contribution in [2.75, 3.05) is 26.2 Å². The van der Waals surface area contributed by atoms with Crippen molar-refractivity contribution in [2.45, 2.75) is 52.0 Å². The molecule has 150 valence electrons. The predicted octanol–water partition coefficient (Wildman–Crippen LogP) is 3.59. The maximum absolute atomic E-state index is 12.8. The Balaban J connectivity index is 1.29. The molecular formula is C23H31N3O2. The third-order valence-electron chi connectivity index (χ3n) is 6.54. The van der Waals surface area contributed by atoms with Crippen LogP contribution in [0.5, 0.6) is 0 Å². The van der Waals surface area contributed by atoms with E-state index >= 15 is 0 Å². The number of fused-ring (bicyclic) bond motifs is 1. The molecule has 0 N–H and O–H groups in total. The fraction of sp³-hybridized carbons (Fsp3) is 0.565. The fourth-order valence-corrected chi connectivity index (χ4v) is 4.78. The van der Waals surface area contributed by atoms with Gasteiger partial charge >= 0.3 is 0 Å². The van der Waals surface area contributed by atoms with Crippen LogP contribution in [-0.2, 0) is 16.1 Å². The van der Waals surface area contributed by atoms with E-state index in [1.807, 2.05) is 28.9 Å². The van der Waals surface area contributed by atoms with E-state index in [0.29, 0.717) is 39.1 Å². The summed E-state index contributed by atoms with van der Waals surface area (Å²) >= 11 is 0. The smallest absolute Gasteiger partial charge is 0.242 e. The van der Waals surface area contributed by atoms with Gasteiger partial charge in [0.25, 0.3) is 0 Å². The van der Waals surface area contributed by atoms with Crippen LogP contribution in [0.3, 0.4) is 0 Å². The SMILES string of the molecule is Cc1cc2ccccc2n1CC(=O)N1CCN(C(=O)CCC2CCCC2)CC1. The molecule has 28 heavy (non-hydrogen) atoms. The quantitative estimate of drug-likeness (QED) is 0.794. The average molecular weight is 382 g/mol. The zero-order valence-electron chi connectivity index (χ0n) is 16.9. The molecule has 5 heteroatoms. The Morgan fingerprint density at radius 3 is 2.32 bits per heavy atom. The van der Waals surface area contributed by atoms with Crippen molar-refractivity contribution in [3.8, 4) is 0 Å². The third kappa shape index (κ3) is 4.08. The fourth-order valence-electron chi connectivity index (χ4n) is 4.78. The molecule has 4 rings (SSSR count). The highest BCUT2D eigenvalue weighted by Crippen LogP contribution is 2.28. The van der Waals surface area contributed by atoms with E-state index in [1.54, 1.807) is 0 Å². The van der Waals surface area contributed by atoms with Crippen molar-refractivity contribution >= 4 is 22.7 Å². The first-order valence-corrected chi connectivity index (χ1v) is 10.7. The van der Waals surface area contributed by atoms with Gasteiger partial charge in [-0.1, -0.05) is 43.9 Å². The molecule has 2 fully saturated rings. The first-order chi connectivity index (χ1) is 13.6. The monoisotopic (exact) mass is 381 g/mol. The second kappa shape index (κ2) is 8.38. The van der Waals surface area contributed by atoms with Crippen LogP contribution in [0.15, 0.2) is 30.3 Å². The Labute approximate surface area is 167 Å². The van der Waals surface area contributed by atoms with E-state index in [-0.39, 0.29) is 11.8 Å². The number of piperazine rings is 1. The number of benzene rings is 1. The second-order valence-electron chi connectivity index (χ2n) is 8.38. The summed E-state index contributed by atoms with van der Waals surface area (Å²) in [4.78, 5) is 29.2. The van der Waals surface area contributed by atoms with E-state index in [0.717, 1.165) is 23.5 Å². The summed E-state index contributed by atoms with van der Waals surface area (Å²) < 4.78 is 2.09. The van der Waals surface area contributed by atoms with Gasteiger partial charge < -0.3 is 14.4 Å². The van der Waals surface area contributed by atoms with Crippen molar-refractivity contribution in [3.05, 3.63) is 36.0 Å². The summed E-state index contributed by atoms with van der Waals surface area (Å²) in [5.74, 6) is 1.17. The van der Waals surface area contributed by atoms with E-state index in [2.05, 4.69) is 22.8 Å². The van der Waals surface area contributed by atoms with E-state index in [9.17, 15) is 9.59 Å². The highest BCUT2D eigenvalue weighted by atomic mass is 16.2. The molecule has 0 spiro atoms. The summed E-state index contributed by atoms with van der Waals surface area (Å²) in [5.41, 5.74) is 2.21. The number of nitrogens with zero attached hydrogens (tertiary/aromatic N) is 3. The molecule has 1 aliphatic carbocycles. The summed E-state index contributed by atoms with van der Waals surface area (Å²) in [6.07, 6.45) is 6.96. The van der Waals surface area contributed by atoms with Gasteiger partial charge in [-0.2, -0.15) is 0 Å². The molecule has 2 amide bonds. The lowest BCUT2D eigenvalue weighted by molar-refractivity contribution is -0.140. The lowest BCUT2D eigenvalue weighted by atomic mass is 10.0. The van der Waals surface area contributed by atoms with Gasteiger partial charge in [0.2, 0.25) is 11.8 Å². The van der Waals surface area contributed by atoms with Crippen LogP contribution in [0.25, 0.3) is 10.9 Å². The molecule has 1 saturated heterocycles. The van der Waals surface area contributed by atoms with Gasteiger partial charge in [-0.3, -0.25) is 9.59 Å². The molecule has 1 aromatic heterocycles. The minimum Gasteiger partial charge on any atom is -0.339 e. The number of rotatable bonds is 5. The zero-order chi connectivity index (χ0) is 19.5. The molecule has 5 nitrogen and oxygen atoms in total. The Bertz CT molecular complexity index is 843. The topological polar surface area (TPSA) is 45.6 Å².